The molecule has 0 aliphatic heterocycles. The molecule has 0 saturated carbocycles. The second kappa shape index (κ2) is 15.2. The molecular weight excluding hydrogens is 396 g/mol. The van der Waals surface area contributed by atoms with Gasteiger partial charge in [0.05, 0.1) is 0 Å². The Balaban J connectivity index is 1.62. The highest BCUT2D eigenvalue weighted by Crippen LogP contribution is 2.08. The van der Waals surface area contributed by atoms with Gasteiger partial charge in [-0.15, -0.1) is 0 Å². The van der Waals surface area contributed by atoms with Crippen LogP contribution < -0.4 is 0 Å². The third-order valence-corrected chi connectivity index (χ3v) is 4.66. The van der Waals surface area contributed by atoms with Crippen molar-refractivity contribution in [1.82, 2.24) is 0 Å². The van der Waals surface area contributed by atoms with E-state index in [1.54, 1.807) is 0 Å². The van der Waals surface area contributed by atoms with Gasteiger partial charge in [0, 0.05) is 20.0 Å². The summed E-state index contributed by atoms with van der Waals surface area (Å²) in [6.45, 7) is 0.0669. The first kappa shape index (κ1) is 24.6. The summed E-state index contributed by atoms with van der Waals surface area (Å²) in [5.74, 6) is -0.590. The molecule has 0 N–H and O–H groups in total. The van der Waals surface area contributed by atoms with E-state index in [9.17, 15) is 9.59 Å². The summed E-state index contributed by atoms with van der Waals surface area (Å²) in [4.78, 5) is 24.0. The molecular formula is C25H32O6. The third kappa shape index (κ3) is 11.3. The van der Waals surface area contributed by atoms with Gasteiger partial charge in [-0.2, -0.15) is 0 Å². The Bertz CT molecular complexity index is 686. The number of hydrogen-bond donors (Lipinski definition) is 0. The van der Waals surface area contributed by atoms with E-state index in [4.69, 9.17) is 18.9 Å². The Morgan fingerprint density at radius 1 is 0.742 bits per heavy atom. The smallest absolute Gasteiger partial charge is 0.305 e. The van der Waals surface area contributed by atoms with E-state index in [-0.39, 0.29) is 31.9 Å². The first-order chi connectivity index (χ1) is 15.2. The molecule has 2 rings (SSSR count). The molecule has 0 heterocycles. The fourth-order valence-corrected chi connectivity index (χ4v) is 2.99. The zero-order valence-electron chi connectivity index (χ0n) is 18.2. The fourth-order valence-electron chi connectivity index (χ4n) is 2.99. The first-order valence-electron chi connectivity index (χ1n) is 10.7. The van der Waals surface area contributed by atoms with E-state index < -0.39 is 6.10 Å². The van der Waals surface area contributed by atoms with Crippen LogP contribution in [0.5, 0.6) is 0 Å². The van der Waals surface area contributed by atoms with Crippen LogP contribution in [0, 0.1) is 0 Å². The molecule has 6 heteroatoms. The van der Waals surface area contributed by atoms with E-state index in [2.05, 4.69) is 0 Å². The van der Waals surface area contributed by atoms with Crippen LogP contribution in [-0.2, 0) is 41.4 Å². The van der Waals surface area contributed by atoms with Crippen molar-refractivity contribution in [3.05, 3.63) is 71.8 Å². The average Bonchev–Trinajstić information content (AvgIpc) is 2.80. The summed E-state index contributed by atoms with van der Waals surface area (Å²) in [6.07, 6.45) is 3.15. The van der Waals surface area contributed by atoms with Crippen LogP contribution in [0.2, 0.25) is 0 Å². The molecule has 2 aromatic rings. The van der Waals surface area contributed by atoms with E-state index in [0.29, 0.717) is 25.7 Å². The monoisotopic (exact) mass is 428 g/mol. The molecule has 0 aliphatic rings. The number of methoxy groups -OCH3 is 1. The predicted octanol–water partition coefficient (Wildman–Crippen LogP) is 4.11. The molecule has 168 valence electrons. The summed E-state index contributed by atoms with van der Waals surface area (Å²) in [7, 11) is 1.50. The maximum Gasteiger partial charge on any atom is 0.305 e. The molecule has 0 aliphatic carbocycles. The summed E-state index contributed by atoms with van der Waals surface area (Å²) in [5, 5.41) is 0. The minimum absolute atomic E-state index is 0.0187. The summed E-state index contributed by atoms with van der Waals surface area (Å²) >= 11 is 0. The molecule has 0 unspecified atom stereocenters. The Kier molecular flexibility index (Phi) is 12.0. The van der Waals surface area contributed by atoms with Crippen LogP contribution >= 0.6 is 0 Å². The maximum absolute atomic E-state index is 12.0. The van der Waals surface area contributed by atoms with Gasteiger partial charge in [-0.3, -0.25) is 9.59 Å². The van der Waals surface area contributed by atoms with Gasteiger partial charge < -0.3 is 18.9 Å². The maximum atomic E-state index is 12.0. The van der Waals surface area contributed by atoms with Gasteiger partial charge in [0.15, 0.2) is 0 Å². The number of rotatable bonds is 15. The Hall–Kier alpha value is -2.70. The van der Waals surface area contributed by atoms with Gasteiger partial charge >= 0.3 is 11.9 Å². The van der Waals surface area contributed by atoms with Crippen LogP contribution in [0.15, 0.2) is 60.7 Å². The third-order valence-electron chi connectivity index (χ3n) is 4.66. The summed E-state index contributed by atoms with van der Waals surface area (Å²) in [6, 6.07) is 20.0. The van der Waals surface area contributed by atoms with Gasteiger partial charge in [0.25, 0.3) is 0 Å². The number of benzene rings is 2. The number of esters is 2. The summed E-state index contributed by atoms with van der Waals surface area (Å²) in [5.41, 5.74) is 2.38. The predicted molar refractivity (Wildman–Crippen MR) is 117 cm³/mol. The van der Waals surface area contributed by atoms with Crippen molar-refractivity contribution in [1.29, 1.82) is 0 Å². The standard InChI is InChI=1S/C25H32O6/c1-28-20-31-23(18-29-24(26)16-8-14-21-10-4-2-5-11-21)19-30-25(27)17-9-15-22-12-6-3-7-13-22/h2-7,10-13,23H,8-9,14-20H2,1H3. The Morgan fingerprint density at radius 3 is 1.61 bits per heavy atom. The summed E-state index contributed by atoms with van der Waals surface area (Å²) < 4.78 is 21.0. The first-order valence-corrected chi connectivity index (χ1v) is 10.7. The van der Waals surface area contributed by atoms with Gasteiger partial charge in [-0.05, 0) is 36.8 Å². The van der Waals surface area contributed by atoms with E-state index >= 15 is 0 Å². The van der Waals surface area contributed by atoms with Crippen molar-refractivity contribution < 1.29 is 28.5 Å². The van der Waals surface area contributed by atoms with Crippen LogP contribution in [0.4, 0.5) is 0 Å². The molecule has 0 saturated heterocycles. The largest absolute Gasteiger partial charge is 0.463 e. The molecule has 0 radical (unpaired) electrons. The average molecular weight is 429 g/mol. The molecule has 0 atom stereocenters. The second-order valence-corrected chi connectivity index (χ2v) is 7.24. The highest BCUT2D eigenvalue weighted by Gasteiger charge is 2.16. The van der Waals surface area contributed by atoms with Crippen LogP contribution in [0.3, 0.4) is 0 Å². The second-order valence-electron chi connectivity index (χ2n) is 7.24. The number of ether oxygens (including phenoxy) is 4. The molecule has 31 heavy (non-hydrogen) atoms. The van der Waals surface area contributed by atoms with Crippen molar-refractivity contribution >= 4 is 11.9 Å². The van der Waals surface area contributed by atoms with E-state index in [0.717, 1.165) is 12.8 Å². The number of aryl methyl sites for hydroxylation is 2. The molecule has 0 amide bonds. The zero-order valence-corrected chi connectivity index (χ0v) is 18.2. The lowest BCUT2D eigenvalue weighted by Gasteiger charge is -2.17. The van der Waals surface area contributed by atoms with Crippen molar-refractivity contribution in [2.45, 2.75) is 44.6 Å². The highest BCUT2D eigenvalue weighted by molar-refractivity contribution is 5.69. The quantitative estimate of drug-likeness (QED) is 0.314. The van der Waals surface area contributed by atoms with Gasteiger partial charge in [0.2, 0.25) is 0 Å². The van der Waals surface area contributed by atoms with Gasteiger partial charge in [0.1, 0.15) is 26.1 Å². The van der Waals surface area contributed by atoms with Crippen molar-refractivity contribution in [3.63, 3.8) is 0 Å². The van der Waals surface area contributed by atoms with E-state index in [1.165, 1.54) is 18.2 Å². The lowest BCUT2D eigenvalue weighted by atomic mass is 10.1. The SMILES string of the molecule is COCOC(COC(=O)CCCc1ccccc1)COC(=O)CCCc1ccccc1. The molecule has 0 fully saturated rings. The molecule has 2 aromatic carbocycles. The highest BCUT2D eigenvalue weighted by atomic mass is 16.7. The molecule has 6 nitrogen and oxygen atoms in total. The fraction of sp³-hybridized carbons (Fsp3) is 0.440. The number of hydrogen-bond acceptors (Lipinski definition) is 6. The molecule has 0 bridgehead atoms. The normalized spacial score (nSPS) is 10.8. The van der Waals surface area contributed by atoms with Crippen LogP contribution in [-0.4, -0.2) is 45.2 Å². The van der Waals surface area contributed by atoms with Crippen molar-refractivity contribution in [3.8, 4) is 0 Å². The van der Waals surface area contributed by atoms with Gasteiger partial charge in [-0.25, -0.2) is 0 Å². The van der Waals surface area contributed by atoms with Crippen molar-refractivity contribution in [2.24, 2.45) is 0 Å². The Labute approximate surface area is 184 Å². The lowest BCUT2D eigenvalue weighted by molar-refractivity contribution is -0.162. The zero-order chi connectivity index (χ0) is 22.2. The minimum Gasteiger partial charge on any atom is -0.463 e. The molecule has 0 aromatic heterocycles. The molecule has 0 spiro atoms. The van der Waals surface area contributed by atoms with E-state index in [1.807, 2.05) is 60.7 Å². The topological polar surface area (TPSA) is 71.1 Å². The van der Waals surface area contributed by atoms with Crippen LogP contribution in [0.1, 0.15) is 36.8 Å². The van der Waals surface area contributed by atoms with Crippen LogP contribution in [0.25, 0.3) is 0 Å². The minimum atomic E-state index is -0.559. The Morgan fingerprint density at radius 2 is 1.19 bits per heavy atom. The number of carbonyl (C=O) groups excluding carboxylic acids is 2. The van der Waals surface area contributed by atoms with Gasteiger partial charge in [-0.1, -0.05) is 60.7 Å². The number of carbonyl (C=O) groups is 2. The lowest BCUT2D eigenvalue weighted by Crippen LogP contribution is -2.29. The van der Waals surface area contributed by atoms with Crippen molar-refractivity contribution in [2.75, 3.05) is 27.1 Å².